The molecule has 494 valence electrons. The van der Waals surface area contributed by atoms with Crippen molar-refractivity contribution in [2.24, 2.45) is 0 Å². The lowest BCUT2D eigenvalue weighted by Gasteiger charge is -2.28. The molecule has 2 atom stereocenters. The zero-order chi connectivity index (χ0) is 62.6. The van der Waals surface area contributed by atoms with Crippen LogP contribution in [0, 0.1) is 0 Å². The Morgan fingerprint density at radius 2 is 0.663 bits per heavy atom. The second kappa shape index (κ2) is 65.8. The van der Waals surface area contributed by atoms with Gasteiger partial charge in [0.25, 0.3) is 7.82 Å². The number of rotatable bonds is 64. The van der Waals surface area contributed by atoms with E-state index >= 15 is 0 Å². The summed E-state index contributed by atoms with van der Waals surface area (Å²) in [5, 5.41) is 0. The van der Waals surface area contributed by atoms with Gasteiger partial charge in [-0.25, -0.2) is 0 Å². The van der Waals surface area contributed by atoms with Crippen molar-refractivity contribution in [2.45, 2.75) is 302 Å². The fraction of sp³-hybridized carbons (Fsp3) is 0.711. The third-order valence-corrected chi connectivity index (χ3v) is 15.9. The van der Waals surface area contributed by atoms with Crippen LogP contribution < -0.4 is 4.89 Å². The van der Waals surface area contributed by atoms with Gasteiger partial charge in [0.2, 0.25) is 0 Å². The third-order valence-electron chi connectivity index (χ3n) is 15.0. The van der Waals surface area contributed by atoms with Gasteiger partial charge in [-0.2, -0.15) is 0 Å². The van der Waals surface area contributed by atoms with Crippen LogP contribution in [0.15, 0.2) is 122 Å². The average molecular weight is 1220 g/mol. The van der Waals surface area contributed by atoms with E-state index in [0.717, 1.165) is 89.9 Å². The molecular weight excluding hydrogens is 1090 g/mol. The van der Waals surface area contributed by atoms with E-state index in [4.69, 9.17) is 18.5 Å². The highest BCUT2D eigenvalue weighted by atomic mass is 31.2. The van der Waals surface area contributed by atoms with E-state index in [2.05, 4.69) is 135 Å². The molecule has 86 heavy (non-hydrogen) atoms. The highest BCUT2D eigenvalue weighted by molar-refractivity contribution is 7.45. The lowest BCUT2D eigenvalue weighted by atomic mass is 10.0. The quantitative estimate of drug-likeness (QED) is 0.0195. The van der Waals surface area contributed by atoms with Crippen LogP contribution in [-0.4, -0.2) is 70.0 Å². The second-order valence-electron chi connectivity index (χ2n) is 24.5. The van der Waals surface area contributed by atoms with Gasteiger partial charge in [-0.05, 0) is 109 Å². The molecule has 0 heterocycles. The van der Waals surface area contributed by atoms with Gasteiger partial charge in [0, 0.05) is 12.8 Å². The first-order valence-electron chi connectivity index (χ1n) is 35.2. The Morgan fingerprint density at radius 1 is 0.372 bits per heavy atom. The van der Waals surface area contributed by atoms with E-state index < -0.39 is 32.5 Å². The number of phosphoric acid groups is 1. The number of allylic oxidation sites excluding steroid dienone is 20. The number of esters is 2. The van der Waals surface area contributed by atoms with Gasteiger partial charge in [-0.15, -0.1) is 0 Å². The maximum absolute atomic E-state index is 12.8. The molecule has 0 saturated heterocycles. The molecule has 0 spiro atoms. The Labute approximate surface area is 530 Å². The SMILES string of the molecule is CC/C=C\C/C=C\C/C=C\C/C=C\C/C=C\C/C=C\C/C=C\C/C=C\CCCCC(=O)OC(COC(=O)CCCCCCCCCCCCCCCCCCCCCCCCC/C=C\C/C=C\CCCCCCC)COP(=O)([O-])OCC[N+](C)(C)C. The largest absolute Gasteiger partial charge is 0.756 e. The van der Waals surface area contributed by atoms with E-state index in [1.807, 2.05) is 21.1 Å². The van der Waals surface area contributed by atoms with E-state index in [9.17, 15) is 19.0 Å². The summed E-state index contributed by atoms with van der Waals surface area (Å²) in [6.45, 7) is 4.08. The zero-order valence-corrected chi connectivity index (χ0v) is 57.1. The number of phosphoric ester groups is 1. The van der Waals surface area contributed by atoms with Gasteiger partial charge in [-0.1, -0.05) is 296 Å². The van der Waals surface area contributed by atoms with Crippen LogP contribution in [0.1, 0.15) is 296 Å². The van der Waals surface area contributed by atoms with Gasteiger partial charge in [0.05, 0.1) is 27.7 Å². The molecule has 0 aliphatic rings. The first-order chi connectivity index (χ1) is 42.0. The van der Waals surface area contributed by atoms with Crippen molar-refractivity contribution in [1.29, 1.82) is 0 Å². The van der Waals surface area contributed by atoms with Gasteiger partial charge in [0.15, 0.2) is 6.10 Å². The maximum atomic E-state index is 12.8. The molecule has 0 aromatic heterocycles. The normalized spacial score (nSPS) is 13.9. The van der Waals surface area contributed by atoms with E-state index in [1.54, 1.807) is 0 Å². The van der Waals surface area contributed by atoms with Crippen molar-refractivity contribution in [1.82, 2.24) is 0 Å². The van der Waals surface area contributed by atoms with E-state index in [0.29, 0.717) is 17.4 Å². The van der Waals surface area contributed by atoms with Crippen LogP contribution in [0.5, 0.6) is 0 Å². The molecule has 0 aliphatic heterocycles. The molecule has 0 radical (unpaired) electrons. The fourth-order valence-electron chi connectivity index (χ4n) is 9.59. The van der Waals surface area contributed by atoms with Crippen LogP contribution in [-0.2, 0) is 32.7 Å². The molecule has 9 nitrogen and oxygen atoms in total. The number of hydrogen-bond donors (Lipinski definition) is 0. The number of ether oxygens (including phenoxy) is 2. The van der Waals surface area contributed by atoms with Crippen molar-refractivity contribution >= 4 is 19.8 Å². The number of carbonyl (C=O) groups excluding carboxylic acids is 2. The molecule has 10 heteroatoms. The van der Waals surface area contributed by atoms with Crippen LogP contribution >= 0.6 is 7.82 Å². The van der Waals surface area contributed by atoms with Crippen molar-refractivity contribution in [3.8, 4) is 0 Å². The molecule has 0 aromatic carbocycles. The van der Waals surface area contributed by atoms with Gasteiger partial charge in [-0.3, -0.25) is 14.2 Å². The molecule has 0 bridgehead atoms. The van der Waals surface area contributed by atoms with Crippen LogP contribution in [0.3, 0.4) is 0 Å². The lowest BCUT2D eigenvalue weighted by Crippen LogP contribution is -2.37. The molecule has 0 rings (SSSR count). The first kappa shape index (κ1) is 82.4. The summed E-state index contributed by atoms with van der Waals surface area (Å²) >= 11 is 0. The van der Waals surface area contributed by atoms with Crippen molar-refractivity contribution in [3.63, 3.8) is 0 Å². The third kappa shape index (κ3) is 69.5. The highest BCUT2D eigenvalue weighted by Crippen LogP contribution is 2.38. The minimum Gasteiger partial charge on any atom is -0.756 e. The Balaban J connectivity index is 4.09. The van der Waals surface area contributed by atoms with Gasteiger partial charge >= 0.3 is 11.9 Å². The van der Waals surface area contributed by atoms with Crippen LogP contribution in [0.2, 0.25) is 0 Å². The average Bonchev–Trinajstić information content (AvgIpc) is 3.53. The predicted octanol–water partition coefficient (Wildman–Crippen LogP) is 22.4. The fourth-order valence-corrected chi connectivity index (χ4v) is 10.3. The Kier molecular flexibility index (Phi) is 63.1. The number of unbranched alkanes of at least 4 members (excludes halogenated alkanes) is 30. The molecule has 0 aliphatic carbocycles. The Bertz CT molecular complexity index is 1870. The standard InChI is InChI=1S/C76H132NO8P/c1-6-8-10-12-14-16-18-20-22-24-26-28-30-32-34-35-36-37-38-39-40-41-43-44-46-48-50-52-54-56-58-60-62-64-66-68-75(78)82-72-74(73-84-86(80,81)83-71-70-77(3,4)5)85-76(79)69-67-65-63-61-59-57-55-53-51-49-47-45-42-33-31-29-27-25-23-21-19-17-15-13-11-9-7-2/h9,11,15,17-18,20-21,23-24,26-27,29,33,42,47,49,53,55,59,61,74H,6-8,10,12-14,16,19,22,25,28,30-32,34-41,43-46,48,50-52,54,56-58,60,62-73H2,1-5H3/b11-9-,17-15-,20-18-,23-21-,26-24-,29-27-,42-33-,49-47-,55-53-,61-59-. The molecule has 2 unspecified atom stereocenters. The lowest BCUT2D eigenvalue weighted by molar-refractivity contribution is -0.870. The number of hydrogen-bond acceptors (Lipinski definition) is 8. The van der Waals surface area contributed by atoms with Crippen molar-refractivity contribution in [2.75, 3.05) is 47.5 Å². The first-order valence-corrected chi connectivity index (χ1v) is 36.7. The number of quaternary nitrogens is 1. The molecule has 0 N–H and O–H groups in total. The zero-order valence-electron chi connectivity index (χ0n) is 56.2. The minimum absolute atomic E-state index is 0.0446. The molecule has 0 fully saturated rings. The van der Waals surface area contributed by atoms with Crippen molar-refractivity contribution in [3.05, 3.63) is 122 Å². The molecule has 0 saturated carbocycles. The maximum Gasteiger partial charge on any atom is 0.306 e. The summed E-state index contributed by atoms with van der Waals surface area (Å²) in [5.74, 6) is -0.883. The summed E-state index contributed by atoms with van der Waals surface area (Å²) in [6, 6.07) is 0. The number of nitrogens with zero attached hydrogens (tertiary/aromatic N) is 1. The summed E-state index contributed by atoms with van der Waals surface area (Å²) in [4.78, 5) is 38.0. The van der Waals surface area contributed by atoms with Gasteiger partial charge in [0.1, 0.15) is 19.8 Å². The number of carbonyl (C=O) groups is 2. The van der Waals surface area contributed by atoms with Gasteiger partial charge < -0.3 is 27.9 Å². The highest BCUT2D eigenvalue weighted by Gasteiger charge is 2.22. The minimum atomic E-state index is -4.66. The van der Waals surface area contributed by atoms with Crippen LogP contribution in [0.25, 0.3) is 0 Å². The Hall–Kier alpha value is -3.59. The monoisotopic (exact) mass is 1220 g/mol. The predicted molar refractivity (Wildman–Crippen MR) is 369 cm³/mol. The topological polar surface area (TPSA) is 111 Å². The summed E-state index contributed by atoms with van der Waals surface area (Å²) in [7, 11) is 1.13. The summed E-state index contributed by atoms with van der Waals surface area (Å²) in [5.41, 5.74) is 0. The summed E-state index contributed by atoms with van der Waals surface area (Å²) in [6.07, 6.45) is 94.4. The van der Waals surface area contributed by atoms with E-state index in [1.165, 1.54) is 173 Å². The second-order valence-corrected chi connectivity index (χ2v) is 25.9. The Morgan fingerprint density at radius 3 is 1.01 bits per heavy atom. The molecule has 0 amide bonds. The molecular formula is C76H132NO8P. The van der Waals surface area contributed by atoms with E-state index in [-0.39, 0.29) is 26.1 Å². The molecule has 0 aromatic rings. The number of likely N-dealkylation sites (N-methyl/N-ethyl adjacent to an activating group) is 1. The summed E-state index contributed by atoms with van der Waals surface area (Å²) < 4.78 is 34.2. The van der Waals surface area contributed by atoms with Crippen LogP contribution in [0.4, 0.5) is 0 Å². The smallest absolute Gasteiger partial charge is 0.306 e. The van der Waals surface area contributed by atoms with Crippen molar-refractivity contribution < 1.29 is 42.1 Å².